The molecule has 0 bridgehead atoms. The first-order valence-electron chi connectivity index (χ1n) is 9.51. The summed E-state index contributed by atoms with van der Waals surface area (Å²) in [6, 6.07) is 0. The second-order valence-electron chi connectivity index (χ2n) is 7.69. The van der Waals surface area contributed by atoms with Crippen LogP contribution in [0.4, 0.5) is 8.78 Å². The highest BCUT2D eigenvalue weighted by molar-refractivity contribution is 8.03. The van der Waals surface area contributed by atoms with Crippen molar-refractivity contribution >= 4 is 18.5 Å². The Kier molecular flexibility index (Phi) is 6.36. The van der Waals surface area contributed by atoms with Crippen LogP contribution in [0.3, 0.4) is 0 Å². The predicted octanol–water partition coefficient (Wildman–Crippen LogP) is 5.50. The minimum absolute atomic E-state index is 0.0248. The first kappa shape index (κ1) is 18.4. The first-order chi connectivity index (χ1) is 11.6. The summed E-state index contributed by atoms with van der Waals surface area (Å²) in [6.07, 6.45) is 9.94. The van der Waals surface area contributed by atoms with E-state index in [0.29, 0.717) is 6.42 Å². The first-order valence-corrected chi connectivity index (χ1v) is 10.4. The summed E-state index contributed by atoms with van der Waals surface area (Å²) in [5.41, 5.74) is 1.03. The molecule has 0 spiro atoms. The number of hydrogen-bond donors (Lipinski definition) is 0. The summed E-state index contributed by atoms with van der Waals surface area (Å²) in [5.74, 6) is -1.56. The Morgan fingerprint density at radius 3 is 2.67 bits per heavy atom. The van der Waals surface area contributed by atoms with E-state index >= 15 is 0 Å². The average Bonchev–Trinajstić information content (AvgIpc) is 2.93. The van der Waals surface area contributed by atoms with Gasteiger partial charge in [0.1, 0.15) is 0 Å². The number of nitrogens with zero attached hydrogens (tertiary/aromatic N) is 2. The van der Waals surface area contributed by atoms with Gasteiger partial charge in [0, 0.05) is 36.1 Å². The highest BCUT2D eigenvalue weighted by Gasteiger charge is 2.40. The van der Waals surface area contributed by atoms with Gasteiger partial charge in [-0.2, -0.15) is 0 Å². The Morgan fingerprint density at radius 2 is 2.00 bits per heavy atom. The molecule has 0 aromatic carbocycles. The maximum atomic E-state index is 13.4. The Bertz CT molecular complexity index is 472. The van der Waals surface area contributed by atoms with E-state index in [4.69, 9.17) is 0 Å². The summed E-state index contributed by atoms with van der Waals surface area (Å²) in [6.45, 7) is 6.76. The van der Waals surface area contributed by atoms with E-state index in [-0.39, 0.29) is 18.1 Å². The van der Waals surface area contributed by atoms with Crippen molar-refractivity contribution in [3.63, 3.8) is 0 Å². The molecule has 1 atom stereocenters. The van der Waals surface area contributed by atoms with Crippen LogP contribution in [0.1, 0.15) is 64.2 Å². The monoisotopic (exact) mass is 356 g/mol. The van der Waals surface area contributed by atoms with E-state index in [1.165, 1.54) is 43.4 Å². The van der Waals surface area contributed by atoms with Gasteiger partial charge in [0.2, 0.25) is 5.92 Å². The smallest absolute Gasteiger partial charge is 0.249 e. The Labute approximate surface area is 149 Å². The normalized spacial score (nSPS) is 29.2. The van der Waals surface area contributed by atoms with Crippen LogP contribution in [0, 0.1) is 5.92 Å². The zero-order valence-electron chi connectivity index (χ0n) is 14.6. The molecular weight excluding hydrogens is 326 g/mol. The van der Waals surface area contributed by atoms with Crippen LogP contribution in [-0.4, -0.2) is 42.4 Å². The summed E-state index contributed by atoms with van der Waals surface area (Å²) in [4.78, 5) is 7.92. The molecule has 3 rings (SSSR count). The lowest BCUT2D eigenvalue weighted by Crippen LogP contribution is -2.33. The minimum Gasteiger partial charge on any atom is -0.297 e. The molecule has 2 nitrogen and oxygen atoms in total. The van der Waals surface area contributed by atoms with E-state index in [0.717, 1.165) is 37.7 Å². The predicted molar refractivity (Wildman–Crippen MR) is 99.0 cm³/mol. The average molecular weight is 357 g/mol. The highest BCUT2D eigenvalue weighted by atomic mass is 32.2. The van der Waals surface area contributed by atoms with Crippen molar-refractivity contribution in [3.8, 4) is 0 Å². The molecule has 2 fully saturated rings. The van der Waals surface area contributed by atoms with Crippen molar-refractivity contribution in [3.05, 3.63) is 10.6 Å². The maximum absolute atomic E-state index is 13.4. The van der Waals surface area contributed by atoms with Gasteiger partial charge in [-0.05, 0) is 38.4 Å². The fraction of sp³-hybridized carbons (Fsp3) is 0.842. The summed E-state index contributed by atoms with van der Waals surface area (Å²) >= 11 is 1.65. The Balaban J connectivity index is 1.49. The van der Waals surface area contributed by atoms with Crippen LogP contribution in [0.5, 0.6) is 0 Å². The Morgan fingerprint density at radius 1 is 1.21 bits per heavy atom. The third-order valence-corrected chi connectivity index (χ3v) is 7.25. The van der Waals surface area contributed by atoms with E-state index in [9.17, 15) is 8.78 Å². The topological polar surface area (TPSA) is 15.6 Å². The van der Waals surface area contributed by atoms with E-state index < -0.39 is 5.92 Å². The number of alkyl halides is 2. The molecule has 0 aromatic heterocycles. The van der Waals surface area contributed by atoms with Gasteiger partial charge < -0.3 is 0 Å². The van der Waals surface area contributed by atoms with Crippen LogP contribution in [0.15, 0.2) is 15.6 Å². The molecule has 2 saturated carbocycles. The van der Waals surface area contributed by atoms with Crippen molar-refractivity contribution < 1.29 is 8.78 Å². The van der Waals surface area contributed by atoms with Gasteiger partial charge in [-0.1, -0.05) is 32.1 Å². The molecule has 0 N–H and O–H groups in total. The zero-order chi connectivity index (χ0) is 17.0. The number of hydrogen-bond acceptors (Lipinski definition) is 3. The standard InChI is InChI=1S/C19H30F2N2S/c1-22-17-14-23(11-8-15-5-3-2-4-6-15)12-9-18(17)24-16-7-10-19(20,21)13-16/h15-16H,1-14H2. The van der Waals surface area contributed by atoms with Gasteiger partial charge in [0.25, 0.3) is 0 Å². The third-order valence-electron chi connectivity index (χ3n) is 5.79. The molecule has 1 heterocycles. The molecule has 1 unspecified atom stereocenters. The lowest BCUT2D eigenvalue weighted by atomic mass is 9.87. The van der Waals surface area contributed by atoms with Gasteiger partial charge >= 0.3 is 0 Å². The fourth-order valence-corrected chi connectivity index (χ4v) is 5.73. The SMILES string of the molecule is C=NC1=C(SC2CCC(F)(F)C2)CCN(CCC2CCCCC2)C1. The second-order valence-corrected chi connectivity index (χ2v) is 9.08. The lowest BCUT2D eigenvalue weighted by molar-refractivity contribution is 0.00979. The molecule has 0 saturated heterocycles. The fourth-order valence-electron chi connectivity index (χ4n) is 4.29. The number of thioether (sulfide) groups is 1. The minimum atomic E-state index is -2.46. The highest BCUT2D eigenvalue weighted by Crippen LogP contribution is 2.45. The van der Waals surface area contributed by atoms with Crippen LogP contribution >= 0.6 is 11.8 Å². The van der Waals surface area contributed by atoms with Crippen LogP contribution in [0.2, 0.25) is 0 Å². The summed E-state index contributed by atoms with van der Waals surface area (Å²) < 4.78 is 26.8. The third kappa shape index (κ3) is 5.04. The van der Waals surface area contributed by atoms with Gasteiger partial charge in [-0.3, -0.25) is 9.89 Å². The summed E-state index contributed by atoms with van der Waals surface area (Å²) in [5, 5.41) is 0.0561. The molecule has 0 aromatic rings. The number of halogens is 2. The van der Waals surface area contributed by atoms with E-state index in [1.807, 2.05) is 0 Å². The molecule has 24 heavy (non-hydrogen) atoms. The number of aliphatic imine (C=N–C) groups is 1. The van der Waals surface area contributed by atoms with Gasteiger partial charge in [-0.15, -0.1) is 11.8 Å². The molecule has 0 amide bonds. The molecule has 5 heteroatoms. The molecule has 3 aliphatic rings. The zero-order valence-corrected chi connectivity index (χ0v) is 15.4. The van der Waals surface area contributed by atoms with Crippen molar-refractivity contribution in [1.82, 2.24) is 4.90 Å². The summed E-state index contributed by atoms with van der Waals surface area (Å²) in [7, 11) is 0. The van der Waals surface area contributed by atoms with Gasteiger partial charge in [0.05, 0.1) is 5.70 Å². The molecule has 2 aliphatic carbocycles. The molecule has 136 valence electrons. The van der Waals surface area contributed by atoms with Crippen molar-refractivity contribution in [2.24, 2.45) is 10.9 Å². The van der Waals surface area contributed by atoms with E-state index in [1.54, 1.807) is 11.8 Å². The van der Waals surface area contributed by atoms with Gasteiger partial charge in [-0.25, -0.2) is 8.78 Å². The molecular formula is C19H30F2N2S. The molecule has 1 aliphatic heterocycles. The Hall–Kier alpha value is -0.420. The molecule has 0 radical (unpaired) electrons. The number of rotatable bonds is 6. The van der Waals surface area contributed by atoms with Crippen molar-refractivity contribution in [2.75, 3.05) is 19.6 Å². The van der Waals surface area contributed by atoms with Crippen LogP contribution in [-0.2, 0) is 0 Å². The van der Waals surface area contributed by atoms with Crippen LogP contribution < -0.4 is 0 Å². The van der Waals surface area contributed by atoms with Crippen molar-refractivity contribution in [1.29, 1.82) is 0 Å². The van der Waals surface area contributed by atoms with Gasteiger partial charge in [0.15, 0.2) is 0 Å². The lowest BCUT2D eigenvalue weighted by Gasteiger charge is -2.31. The maximum Gasteiger partial charge on any atom is 0.249 e. The van der Waals surface area contributed by atoms with Crippen molar-refractivity contribution in [2.45, 2.75) is 75.4 Å². The van der Waals surface area contributed by atoms with Crippen LogP contribution in [0.25, 0.3) is 0 Å². The largest absolute Gasteiger partial charge is 0.297 e. The van der Waals surface area contributed by atoms with E-state index in [2.05, 4.69) is 16.6 Å². The second kappa shape index (κ2) is 8.31. The quantitative estimate of drug-likeness (QED) is 0.584.